The molecule has 0 aliphatic heterocycles. The van der Waals surface area contributed by atoms with Gasteiger partial charge in [-0.05, 0) is 61.2 Å². The number of rotatable bonds is 5. The molecule has 0 radical (unpaired) electrons. The molecule has 7 heteroatoms. The zero-order valence-corrected chi connectivity index (χ0v) is 13.1. The molecular formula is C16H22N4O3. The maximum Gasteiger partial charge on any atom is 0.389 e. The van der Waals surface area contributed by atoms with Crippen LogP contribution in [-0.2, 0) is 11.3 Å². The highest BCUT2D eigenvalue weighted by atomic mass is 16.6. The zero-order valence-electron chi connectivity index (χ0n) is 13.1. The van der Waals surface area contributed by atoms with Gasteiger partial charge < -0.3 is 15.4 Å². The van der Waals surface area contributed by atoms with E-state index in [0.717, 1.165) is 37.0 Å². The van der Waals surface area contributed by atoms with Gasteiger partial charge in [0.2, 0.25) is 5.91 Å². The molecule has 1 aromatic heterocycles. The van der Waals surface area contributed by atoms with E-state index in [2.05, 4.69) is 10.4 Å². The Morgan fingerprint density at radius 2 is 1.91 bits per heavy atom. The third-order valence-electron chi connectivity index (χ3n) is 5.82. The van der Waals surface area contributed by atoms with Gasteiger partial charge in [-0.25, -0.2) is 0 Å². The number of hydrogen-bond acceptors (Lipinski definition) is 4. The van der Waals surface area contributed by atoms with Crippen LogP contribution in [0.15, 0.2) is 12.3 Å². The lowest BCUT2D eigenvalue weighted by atomic mass is 9.53. The number of hydrogen-bond donors (Lipinski definition) is 1. The van der Waals surface area contributed by atoms with Crippen molar-refractivity contribution < 1.29 is 9.72 Å². The fraction of sp³-hybridized carbons (Fsp3) is 0.750. The van der Waals surface area contributed by atoms with Crippen LogP contribution in [-0.4, -0.2) is 26.1 Å². The van der Waals surface area contributed by atoms with E-state index < -0.39 is 4.92 Å². The van der Waals surface area contributed by atoms with E-state index in [-0.39, 0.29) is 17.3 Å². The van der Waals surface area contributed by atoms with Gasteiger partial charge in [-0.1, -0.05) is 0 Å². The third kappa shape index (κ3) is 2.84. The number of amides is 1. The Labute approximate surface area is 134 Å². The largest absolute Gasteiger partial charge is 0.389 e. The first-order valence-corrected chi connectivity index (χ1v) is 8.50. The van der Waals surface area contributed by atoms with Gasteiger partial charge in [-0.15, -0.1) is 0 Å². The average molecular weight is 318 g/mol. The van der Waals surface area contributed by atoms with E-state index in [1.54, 1.807) is 6.20 Å². The molecule has 0 spiro atoms. The van der Waals surface area contributed by atoms with E-state index in [1.165, 1.54) is 30.0 Å². The van der Waals surface area contributed by atoms with Crippen LogP contribution < -0.4 is 5.32 Å². The van der Waals surface area contributed by atoms with E-state index in [0.29, 0.717) is 13.0 Å². The molecule has 4 fully saturated rings. The van der Waals surface area contributed by atoms with Crippen molar-refractivity contribution in [2.24, 2.45) is 17.8 Å². The maximum atomic E-state index is 12.4. The van der Waals surface area contributed by atoms with Gasteiger partial charge in [0.05, 0.1) is 23.9 Å². The minimum atomic E-state index is -0.522. The van der Waals surface area contributed by atoms with Crippen molar-refractivity contribution in [1.29, 1.82) is 0 Å². The summed E-state index contributed by atoms with van der Waals surface area (Å²) in [7, 11) is 0. The van der Waals surface area contributed by atoms with Crippen LogP contribution in [0.3, 0.4) is 0 Å². The molecule has 23 heavy (non-hydrogen) atoms. The minimum Gasteiger partial charge on any atom is -0.358 e. The van der Waals surface area contributed by atoms with Crippen molar-refractivity contribution in [3.8, 4) is 0 Å². The second-order valence-electron chi connectivity index (χ2n) is 7.69. The molecule has 1 N–H and O–H groups in total. The van der Waals surface area contributed by atoms with Gasteiger partial charge in [0.1, 0.15) is 0 Å². The van der Waals surface area contributed by atoms with Crippen LogP contribution in [0.2, 0.25) is 0 Å². The molecule has 1 amide bonds. The van der Waals surface area contributed by atoms with E-state index in [1.807, 2.05) is 0 Å². The molecule has 0 saturated heterocycles. The normalized spacial score (nSPS) is 34.5. The monoisotopic (exact) mass is 318 g/mol. The highest BCUT2D eigenvalue weighted by molar-refractivity contribution is 5.76. The lowest BCUT2D eigenvalue weighted by Crippen LogP contribution is -2.59. The summed E-state index contributed by atoms with van der Waals surface area (Å²) in [5.41, 5.74) is 0.0297. The quantitative estimate of drug-likeness (QED) is 0.666. The van der Waals surface area contributed by atoms with Crippen LogP contribution in [0.25, 0.3) is 0 Å². The first-order chi connectivity index (χ1) is 11.0. The molecule has 4 aliphatic carbocycles. The summed E-state index contributed by atoms with van der Waals surface area (Å²) in [6.07, 6.45) is 9.34. The Morgan fingerprint density at radius 3 is 2.43 bits per heavy atom. The smallest absolute Gasteiger partial charge is 0.358 e. The van der Waals surface area contributed by atoms with Crippen LogP contribution in [0.5, 0.6) is 0 Å². The van der Waals surface area contributed by atoms with Gasteiger partial charge in [-0.2, -0.15) is 4.68 Å². The number of aromatic nitrogens is 2. The highest BCUT2D eigenvalue weighted by Crippen LogP contribution is 2.55. The molecule has 1 aromatic rings. The fourth-order valence-corrected chi connectivity index (χ4v) is 5.41. The van der Waals surface area contributed by atoms with Gasteiger partial charge in [0.25, 0.3) is 0 Å². The van der Waals surface area contributed by atoms with Crippen molar-refractivity contribution in [2.75, 3.05) is 0 Å². The maximum absolute atomic E-state index is 12.4. The summed E-state index contributed by atoms with van der Waals surface area (Å²) in [6, 6.07) is 1.36. The molecule has 4 bridgehead atoms. The van der Waals surface area contributed by atoms with Gasteiger partial charge >= 0.3 is 5.82 Å². The Kier molecular flexibility index (Phi) is 3.39. The predicted molar refractivity (Wildman–Crippen MR) is 82.5 cm³/mol. The van der Waals surface area contributed by atoms with Crippen LogP contribution in [0.4, 0.5) is 5.82 Å². The van der Waals surface area contributed by atoms with Crippen molar-refractivity contribution in [2.45, 2.75) is 57.0 Å². The highest BCUT2D eigenvalue weighted by Gasteiger charge is 2.51. The van der Waals surface area contributed by atoms with E-state index in [9.17, 15) is 14.9 Å². The summed E-state index contributed by atoms with van der Waals surface area (Å²) in [6.45, 7) is 0.381. The Bertz CT molecular complexity index is 604. The van der Waals surface area contributed by atoms with E-state index in [4.69, 9.17) is 0 Å². The summed E-state index contributed by atoms with van der Waals surface area (Å²) in [4.78, 5) is 22.5. The predicted octanol–water partition coefficient (Wildman–Crippen LogP) is 2.27. The van der Waals surface area contributed by atoms with Crippen molar-refractivity contribution in [3.05, 3.63) is 22.4 Å². The summed E-state index contributed by atoms with van der Waals surface area (Å²) < 4.78 is 1.47. The Morgan fingerprint density at radius 1 is 1.30 bits per heavy atom. The van der Waals surface area contributed by atoms with Crippen molar-refractivity contribution >= 4 is 11.7 Å². The van der Waals surface area contributed by atoms with Gasteiger partial charge in [0, 0.05) is 12.0 Å². The molecule has 0 aromatic carbocycles. The average Bonchev–Trinajstić information content (AvgIpc) is 2.92. The van der Waals surface area contributed by atoms with Crippen LogP contribution >= 0.6 is 0 Å². The number of nitrogens with one attached hydrogen (secondary N) is 1. The molecule has 5 rings (SSSR count). The number of nitro groups is 1. The van der Waals surface area contributed by atoms with E-state index >= 15 is 0 Å². The molecule has 4 aliphatic rings. The molecule has 4 saturated carbocycles. The molecular weight excluding hydrogens is 296 g/mol. The number of aryl methyl sites for hydroxylation is 1. The summed E-state index contributed by atoms with van der Waals surface area (Å²) >= 11 is 0. The molecule has 124 valence electrons. The number of carbonyl (C=O) groups excluding carboxylic acids is 1. The minimum absolute atomic E-state index is 0.0297. The third-order valence-corrected chi connectivity index (χ3v) is 5.82. The number of nitrogens with zero attached hydrogens (tertiary/aromatic N) is 3. The summed E-state index contributed by atoms with van der Waals surface area (Å²) in [5, 5.41) is 17.8. The zero-order chi connectivity index (χ0) is 16.0. The molecule has 0 atom stereocenters. The van der Waals surface area contributed by atoms with Crippen LogP contribution in [0, 0.1) is 27.9 Å². The second kappa shape index (κ2) is 5.32. The van der Waals surface area contributed by atoms with Crippen molar-refractivity contribution in [1.82, 2.24) is 15.1 Å². The lowest BCUT2D eigenvalue weighted by Gasteiger charge is -2.56. The Hall–Kier alpha value is -1.92. The lowest BCUT2D eigenvalue weighted by molar-refractivity contribution is -0.389. The Balaban J connectivity index is 1.34. The first-order valence-electron chi connectivity index (χ1n) is 8.50. The van der Waals surface area contributed by atoms with Crippen molar-refractivity contribution in [3.63, 3.8) is 0 Å². The first kappa shape index (κ1) is 14.7. The van der Waals surface area contributed by atoms with Gasteiger partial charge in [-0.3, -0.25) is 4.79 Å². The van der Waals surface area contributed by atoms with Gasteiger partial charge in [0.15, 0.2) is 0 Å². The molecule has 0 unspecified atom stereocenters. The summed E-state index contributed by atoms with van der Waals surface area (Å²) in [5.74, 6) is 2.28. The second-order valence-corrected chi connectivity index (χ2v) is 7.69. The standard InChI is InChI=1S/C16H22N4O3/c21-15(2-4-19-3-1-14(18-19)20(22)23)17-16-8-11-5-12(9-16)7-13(6-11)10-16/h1,3,11-13H,2,4-10H2,(H,17,21). The fourth-order valence-electron chi connectivity index (χ4n) is 5.41. The van der Waals surface area contributed by atoms with Crippen LogP contribution in [0.1, 0.15) is 44.9 Å². The number of carbonyl (C=O) groups is 1. The molecule has 1 heterocycles. The topological polar surface area (TPSA) is 90.1 Å². The SMILES string of the molecule is O=C(CCn1ccc([N+](=O)[O-])n1)NC12CC3CC(CC(C3)C1)C2. The molecule has 7 nitrogen and oxygen atoms in total.